The van der Waals surface area contributed by atoms with Crippen LogP contribution in [-0.2, 0) is 9.53 Å². The fourth-order valence-electron chi connectivity index (χ4n) is 2.03. The topological polar surface area (TPSA) is 42.9 Å². The molecule has 82 valence electrons. The van der Waals surface area contributed by atoms with Crippen molar-refractivity contribution in [2.24, 2.45) is 5.92 Å². The van der Waals surface area contributed by atoms with Gasteiger partial charge in [0.05, 0.1) is 18.8 Å². The molecule has 1 rings (SSSR count). The van der Waals surface area contributed by atoms with E-state index in [0.29, 0.717) is 5.92 Å². The fourth-order valence-corrected chi connectivity index (χ4v) is 2.10. The molecule has 1 heterocycles. The SMILES string of the molecule is CC(C)(OC(=O)CS)C1CC[NH2+]CC1. The van der Waals surface area contributed by atoms with Gasteiger partial charge in [-0.1, -0.05) is 0 Å². The van der Waals surface area contributed by atoms with Gasteiger partial charge in [0.1, 0.15) is 5.60 Å². The first-order chi connectivity index (χ1) is 6.56. The second kappa shape index (κ2) is 5.03. The third kappa shape index (κ3) is 3.17. The van der Waals surface area contributed by atoms with Crippen LogP contribution in [0.1, 0.15) is 26.7 Å². The minimum absolute atomic E-state index is 0.169. The zero-order valence-corrected chi connectivity index (χ0v) is 9.85. The number of esters is 1. The lowest BCUT2D eigenvalue weighted by Gasteiger charge is -2.35. The maximum absolute atomic E-state index is 11.2. The molecule has 4 heteroatoms. The van der Waals surface area contributed by atoms with Crippen molar-refractivity contribution in [2.75, 3.05) is 18.8 Å². The van der Waals surface area contributed by atoms with Crippen molar-refractivity contribution in [1.82, 2.24) is 0 Å². The molecule has 0 aromatic carbocycles. The summed E-state index contributed by atoms with van der Waals surface area (Å²) in [4.78, 5) is 11.2. The number of thiol groups is 1. The molecule has 1 fully saturated rings. The minimum Gasteiger partial charge on any atom is -0.459 e. The number of rotatable bonds is 3. The molecule has 0 aromatic heterocycles. The summed E-state index contributed by atoms with van der Waals surface area (Å²) in [5, 5.41) is 2.31. The Hall–Kier alpha value is -0.220. The fraction of sp³-hybridized carbons (Fsp3) is 0.900. The second-order valence-electron chi connectivity index (χ2n) is 4.38. The number of carbonyl (C=O) groups excluding carboxylic acids is 1. The first kappa shape index (κ1) is 11.9. The van der Waals surface area contributed by atoms with E-state index in [4.69, 9.17) is 4.74 Å². The summed E-state index contributed by atoms with van der Waals surface area (Å²) in [5.74, 6) is 0.451. The van der Waals surface area contributed by atoms with Gasteiger partial charge in [-0.05, 0) is 13.8 Å². The lowest BCUT2D eigenvalue weighted by molar-refractivity contribution is -0.665. The average molecular weight is 218 g/mol. The summed E-state index contributed by atoms with van der Waals surface area (Å²) in [5.41, 5.74) is -0.325. The Labute approximate surface area is 91.0 Å². The number of hydrogen-bond acceptors (Lipinski definition) is 3. The highest BCUT2D eigenvalue weighted by Crippen LogP contribution is 2.27. The Morgan fingerprint density at radius 1 is 1.50 bits per heavy atom. The van der Waals surface area contributed by atoms with Gasteiger partial charge in [-0.2, -0.15) is 12.6 Å². The third-order valence-electron chi connectivity index (χ3n) is 2.93. The zero-order valence-electron chi connectivity index (χ0n) is 8.95. The Kier molecular flexibility index (Phi) is 4.26. The van der Waals surface area contributed by atoms with Crippen molar-refractivity contribution in [3.05, 3.63) is 0 Å². The lowest BCUT2D eigenvalue weighted by atomic mass is 9.83. The van der Waals surface area contributed by atoms with Crippen LogP contribution in [0, 0.1) is 5.92 Å². The molecule has 1 aliphatic rings. The van der Waals surface area contributed by atoms with E-state index in [1.54, 1.807) is 0 Å². The molecule has 0 atom stereocenters. The van der Waals surface area contributed by atoms with E-state index in [0.717, 1.165) is 25.9 Å². The summed E-state index contributed by atoms with van der Waals surface area (Å²) in [6.07, 6.45) is 2.26. The van der Waals surface area contributed by atoms with Gasteiger partial charge in [0, 0.05) is 18.8 Å². The Balaban J connectivity index is 2.49. The summed E-state index contributed by atoms with van der Waals surface area (Å²) in [7, 11) is 0. The van der Waals surface area contributed by atoms with Crippen LogP contribution in [0.3, 0.4) is 0 Å². The van der Waals surface area contributed by atoms with Crippen LogP contribution < -0.4 is 5.32 Å². The highest BCUT2D eigenvalue weighted by Gasteiger charge is 2.34. The largest absolute Gasteiger partial charge is 0.459 e. The molecular formula is C10H20NO2S+. The predicted molar refractivity (Wildman–Crippen MR) is 58.4 cm³/mol. The van der Waals surface area contributed by atoms with Gasteiger partial charge in [-0.25, -0.2) is 0 Å². The van der Waals surface area contributed by atoms with Crippen molar-refractivity contribution in [2.45, 2.75) is 32.3 Å². The van der Waals surface area contributed by atoms with Crippen molar-refractivity contribution < 1.29 is 14.8 Å². The number of ether oxygens (including phenoxy) is 1. The standard InChI is InChI=1S/C10H19NO2S/c1-10(2,13-9(12)7-14)8-3-5-11-6-4-8/h8,11,14H,3-7H2,1-2H3/p+1. The number of hydrogen-bond donors (Lipinski definition) is 2. The molecule has 14 heavy (non-hydrogen) atoms. The first-order valence-corrected chi connectivity index (χ1v) is 5.84. The van der Waals surface area contributed by atoms with Crippen molar-refractivity contribution in [1.29, 1.82) is 0 Å². The highest BCUT2D eigenvalue weighted by molar-refractivity contribution is 7.81. The van der Waals surface area contributed by atoms with Gasteiger partial charge in [-0.3, -0.25) is 4.79 Å². The van der Waals surface area contributed by atoms with Crippen LogP contribution >= 0.6 is 12.6 Å². The quantitative estimate of drug-likeness (QED) is 0.525. The van der Waals surface area contributed by atoms with Gasteiger partial charge in [0.2, 0.25) is 0 Å². The molecule has 0 spiro atoms. The van der Waals surface area contributed by atoms with Gasteiger partial charge in [-0.15, -0.1) is 0 Å². The summed E-state index contributed by atoms with van der Waals surface area (Å²) in [6.45, 7) is 6.30. The Morgan fingerprint density at radius 3 is 2.57 bits per heavy atom. The minimum atomic E-state index is -0.325. The molecule has 0 bridgehead atoms. The van der Waals surface area contributed by atoms with Gasteiger partial charge < -0.3 is 10.1 Å². The molecular weight excluding hydrogens is 198 g/mol. The molecule has 0 aromatic rings. The maximum Gasteiger partial charge on any atom is 0.316 e. The third-order valence-corrected chi connectivity index (χ3v) is 3.19. The van der Waals surface area contributed by atoms with E-state index in [-0.39, 0.29) is 17.3 Å². The van der Waals surface area contributed by atoms with Crippen LogP contribution in [0.4, 0.5) is 0 Å². The van der Waals surface area contributed by atoms with E-state index < -0.39 is 0 Å². The van der Waals surface area contributed by atoms with Crippen molar-refractivity contribution in [3.63, 3.8) is 0 Å². The Bertz CT molecular complexity index is 200. The lowest BCUT2D eigenvalue weighted by Crippen LogP contribution is -2.86. The summed E-state index contributed by atoms with van der Waals surface area (Å²) < 4.78 is 5.40. The van der Waals surface area contributed by atoms with Gasteiger partial charge in [0.15, 0.2) is 0 Å². The molecule has 2 N–H and O–H groups in total. The molecule has 0 unspecified atom stereocenters. The predicted octanol–water partition coefficient (Wildman–Crippen LogP) is 0.211. The first-order valence-electron chi connectivity index (χ1n) is 5.20. The van der Waals surface area contributed by atoms with Crippen LogP contribution in [0.2, 0.25) is 0 Å². The molecule has 1 aliphatic heterocycles. The van der Waals surface area contributed by atoms with Gasteiger partial charge in [0.25, 0.3) is 0 Å². The highest BCUT2D eigenvalue weighted by atomic mass is 32.1. The van der Waals surface area contributed by atoms with Crippen LogP contribution in [0.25, 0.3) is 0 Å². The van der Waals surface area contributed by atoms with Crippen LogP contribution in [-0.4, -0.2) is 30.4 Å². The van der Waals surface area contributed by atoms with E-state index in [9.17, 15) is 4.79 Å². The van der Waals surface area contributed by atoms with Crippen molar-refractivity contribution in [3.8, 4) is 0 Å². The zero-order chi connectivity index (χ0) is 10.6. The maximum atomic E-state index is 11.2. The van der Waals surface area contributed by atoms with E-state index in [1.807, 2.05) is 13.8 Å². The smallest absolute Gasteiger partial charge is 0.316 e. The second-order valence-corrected chi connectivity index (χ2v) is 4.69. The molecule has 0 amide bonds. The van der Waals surface area contributed by atoms with E-state index >= 15 is 0 Å². The number of piperidine rings is 1. The number of nitrogens with two attached hydrogens (primary N) is 1. The van der Waals surface area contributed by atoms with Crippen LogP contribution in [0.15, 0.2) is 0 Å². The normalized spacial score (nSPS) is 19.4. The molecule has 0 saturated carbocycles. The van der Waals surface area contributed by atoms with Crippen LogP contribution in [0.5, 0.6) is 0 Å². The number of quaternary nitrogens is 1. The Morgan fingerprint density at radius 2 is 2.07 bits per heavy atom. The van der Waals surface area contributed by atoms with E-state index in [2.05, 4.69) is 17.9 Å². The molecule has 0 aliphatic carbocycles. The summed E-state index contributed by atoms with van der Waals surface area (Å²) in [6, 6.07) is 0. The van der Waals surface area contributed by atoms with Crippen molar-refractivity contribution >= 4 is 18.6 Å². The molecule has 3 nitrogen and oxygen atoms in total. The van der Waals surface area contributed by atoms with E-state index in [1.165, 1.54) is 0 Å². The molecule has 1 saturated heterocycles. The average Bonchev–Trinajstić information content (AvgIpc) is 2.18. The number of carbonyl (C=O) groups is 1. The monoisotopic (exact) mass is 218 g/mol. The summed E-state index contributed by atoms with van der Waals surface area (Å²) >= 11 is 3.91. The molecule has 0 radical (unpaired) electrons. The van der Waals surface area contributed by atoms with Gasteiger partial charge >= 0.3 is 5.97 Å².